The molecule has 0 saturated carbocycles. The van der Waals surface area contributed by atoms with E-state index >= 15 is 0 Å². The summed E-state index contributed by atoms with van der Waals surface area (Å²) in [4.78, 5) is 12.1. The highest BCUT2D eigenvalue weighted by molar-refractivity contribution is 7.80. The number of benzene rings is 1. The zero-order valence-corrected chi connectivity index (χ0v) is 18.6. The maximum absolute atomic E-state index is 12.1. The largest absolute Gasteiger partial charge is 0.339 e. The SMILES string of the molecule is CCCCCCC(=O)NC(NC(=S)Nc1ccc(Cl)c(Cl)c1)C(Cl)(Cl)Cl. The molecule has 26 heavy (non-hydrogen) atoms. The van der Waals surface area contributed by atoms with Crippen LogP contribution >= 0.6 is 70.2 Å². The van der Waals surface area contributed by atoms with Gasteiger partial charge >= 0.3 is 0 Å². The number of anilines is 1. The van der Waals surface area contributed by atoms with Crippen LogP contribution in [-0.2, 0) is 4.79 Å². The van der Waals surface area contributed by atoms with Crippen LogP contribution in [0.5, 0.6) is 0 Å². The van der Waals surface area contributed by atoms with Gasteiger partial charge in [-0.1, -0.05) is 84.2 Å². The summed E-state index contributed by atoms with van der Waals surface area (Å²) in [7, 11) is 0. The fourth-order valence-electron chi connectivity index (χ4n) is 2.02. The number of hydrogen-bond donors (Lipinski definition) is 3. The smallest absolute Gasteiger partial charge is 0.228 e. The minimum Gasteiger partial charge on any atom is -0.339 e. The Kier molecular flexibility index (Phi) is 10.7. The van der Waals surface area contributed by atoms with Crippen molar-refractivity contribution in [3.8, 4) is 0 Å². The summed E-state index contributed by atoms with van der Waals surface area (Å²) >= 11 is 34.9. The van der Waals surface area contributed by atoms with Crippen molar-refractivity contribution >= 4 is 86.9 Å². The van der Waals surface area contributed by atoms with Crippen molar-refractivity contribution in [2.24, 2.45) is 0 Å². The molecular formula is C16H20Cl5N3OS. The number of thiocarbonyl (C=S) groups is 1. The van der Waals surface area contributed by atoms with Crippen LogP contribution < -0.4 is 16.0 Å². The predicted molar refractivity (Wildman–Crippen MR) is 117 cm³/mol. The lowest BCUT2D eigenvalue weighted by Gasteiger charge is -2.27. The minimum absolute atomic E-state index is 0.158. The van der Waals surface area contributed by atoms with Gasteiger partial charge in [0.05, 0.1) is 10.0 Å². The lowest BCUT2D eigenvalue weighted by atomic mass is 10.1. The average molecular weight is 480 g/mol. The van der Waals surface area contributed by atoms with Crippen LogP contribution in [0.1, 0.15) is 39.0 Å². The van der Waals surface area contributed by atoms with E-state index in [9.17, 15) is 4.79 Å². The highest BCUT2D eigenvalue weighted by Gasteiger charge is 2.34. The van der Waals surface area contributed by atoms with Crippen molar-refractivity contribution < 1.29 is 4.79 Å². The van der Waals surface area contributed by atoms with Crippen molar-refractivity contribution in [3.05, 3.63) is 28.2 Å². The quantitative estimate of drug-likeness (QED) is 0.184. The molecule has 3 N–H and O–H groups in total. The summed E-state index contributed by atoms with van der Waals surface area (Å²) in [6, 6.07) is 4.92. The molecule has 0 bridgehead atoms. The highest BCUT2D eigenvalue weighted by atomic mass is 35.6. The molecule has 0 fully saturated rings. The Morgan fingerprint density at radius 3 is 2.38 bits per heavy atom. The van der Waals surface area contributed by atoms with Crippen LogP contribution in [-0.4, -0.2) is 21.0 Å². The van der Waals surface area contributed by atoms with Crippen molar-refractivity contribution in [2.45, 2.75) is 49.0 Å². The summed E-state index contributed by atoms with van der Waals surface area (Å²) in [6.45, 7) is 2.10. The second-order valence-corrected chi connectivity index (χ2v) is 9.17. The number of halogens is 5. The topological polar surface area (TPSA) is 53.2 Å². The van der Waals surface area contributed by atoms with Gasteiger partial charge in [0.25, 0.3) is 0 Å². The van der Waals surface area contributed by atoms with Crippen molar-refractivity contribution in [3.63, 3.8) is 0 Å². The zero-order valence-electron chi connectivity index (χ0n) is 14.1. The van der Waals surface area contributed by atoms with Gasteiger partial charge in [-0.3, -0.25) is 4.79 Å². The Labute approximate surface area is 184 Å². The van der Waals surface area contributed by atoms with E-state index in [0.29, 0.717) is 22.2 Å². The van der Waals surface area contributed by atoms with Gasteiger partial charge in [0.15, 0.2) is 5.11 Å². The van der Waals surface area contributed by atoms with Gasteiger partial charge in [0, 0.05) is 12.1 Å². The predicted octanol–water partition coefficient (Wildman–Crippen LogP) is 6.06. The van der Waals surface area contributed by atoms with Crippen molar-refractivity contribution in [1.82, 2.24) is 10.6 Å². The number of alkyl halides is 3. The van der Waals surface area contributed by atoms with Crippen LogP contribution in [0.3, 0.4) is 0 Å². The van der Waals surface area contributed by atoms with E-state index < -0.39 is 9.96 Å². The zero-order chi connectivity index (χ0) is 19.7. The number of unbranched alkanes of at least 4 members (excludes halogenated alkanes) is 3. The average Bonchev–Trinajstić information content (AvgIpc) is 2.53. The van der Waals surface area contributed by atoms with Crippen molar-refractivity contribution in [1.29, 1.82) is 0 Å². The normalized spacial score (nSPS) is 12.4. The molecule has 0 aliphatic rings. The number of amides is 1. The van der Waals surface area contributed by atoms with E-state index in [1.165, 1.54) is 0 Å². The first kappa shape index (κ1) is 23.9. The van der Waals surface area contributed by atoms with E-state index in [2.05, 4.69) is 22.9 Å². The van der Waals surface area contributed by atoms with E-state index in [1.54, 1.807) is 18.2 Å². The Hall–Kier alpha value is -0.170. The highest BCUT2D eigenvalue weighted by Crippen LogP contribution is 2.29. The van der Waals surface area contributed by atoms with Crippen molar-refractivity contribution in [2.75, 3.05) is 5.32 Å². The Morgan fingerprint density at radius 1 is 1.12 bits per heavy atom. The monoisotopic (exact) mass is 477 g/mol. The molecule has 0 saturated heterocycles. The molecule has 0 spiro atoms. The standard InChI is InChI=1S/C16H20Cl5N3OS/c1-2-3-4-5-6-13(25)23-14(16(19,20)21)24-15(26)22-10-7-8-11(17)12(18)9-10/h7-9,14H,2-6H2,1H3,(H,23,25)(H2,22,24,26). The summed E-state index contributed by atoms with van der Waals surface area (Å²) in [5, 5.41) is 9.29. The van der Waals surface area contributed by atoms with Crippen LogP contribution in [0.4, 0.5) is 5.69 Å². The molecule has 0 heterocycles. The summed E-state index contributed by atoms with van der Waals surface area (Å²) < 4.78 is -1.79. The molecule has 4 nitrogen and oxygen atoms in total. The molecule has 0 radical (unpaired) electrons. The maximum Gasteiger partial charge on any atom is 0.228 e. The first-order chi connectivity index (χ1) is 12.1. The molecular weight excluding hydrogens is 460 g/mol. The molecule has 1 aromatic rings. The number of carbonyl (C=O) groups is 1. The van der Waals surface area contributed by atoms with E-state index in [-0.39, 0.29) is 11.0 Å². The van der Waals surface area contributed by atoms with Crippen LogP contribution in [0.2, 0.25) is 10.0 Å². The molecule has 0 aliphatic carbocycles. The third kappa shape index (κ3) is 9.16. The summed E-state index contributed by atoms with van der Waals surface area (Å²) in [5.41, 5.74) is 0.603. The van der Waals surface area contributed by atoms with E-state index in [0.717, 1.165) is 25.7 Å². The molecule has 1 amide bonds. The number of carbonyl (C=O) groups excluding carboxylic acids is 1. The van der Waals surface area contributed by atoms with Gasteiger partial charge in [-0.15, -0.1) is 0 Å². The second-order valence-electron chi connectivity index (χ2n) is 5.58. The van der Waals surface area contributed by atoms with Gasteiger partial charge in [0.1, 0.15) is 6.17 Å². The first-order valence-corrected chi connectivity index (χ1v) is 10.3. The van der Waals surface area contributed by atoms with Gasteiger partial charge in [0.2, 0.25) is 9.70 Å². The second kappa shape index (κ2) is 11.6. The Bertz CT molecular complexity index is 624. The molecule has 1 aromatic carbocycles. The fourth-order valence-corrected chi connectivity index (χ4v) is 2.88. The van der Waals surface area contributed by atoms with Gasteiger partial charge in [-0.05, 0) is 36.8 Å². The first-order valence-electron chi connectivity index (χ1n) is 8.02. The number of rotatable bonds is 8. The minimum atomic E-state index is -1.79. The van der Waals surface area contributed by atoms with E-state index in [1.807, 2.05) is 0 Å². The molecule has 1 unspecified atom stereocenters. The molecule has 146 valence electrons. The number of hydrogen-bond acceptors (Lipinski definition) is 2. The van der Waals surface area contributed by atoms with Crippen LogP contribution in [0, 0.1) is 0 Å². The van der Waals surface area contributed by atoms with Crippen LogP contribution in [0.25, 0.3) is 0 Å². The van der Waals surface area contributed by atoms with Gasteiger partial charge < -0.3 is 16.0 Å². The summed E-state index contributed by atoms with van der Waals surface area (Å²) in [6.07, 6.45) is 3.29. The molecule has 1 atom stereocenters. The van der Waals surface area contributed by atoms with E-state index in [4.69, 9.17) is 70.2 Å². The molecule has 0 aromatic heterocycles. The van der Waals surface area contributed by atoms with Crippen LogP contribution in [0.15, 0.2) is 18.2 Å². The lowest BCUT2D eigenvalue weighted by molar-refractivity contribution is -0.122. The molecule has 10 heteroatoms. The summed E-state index contributed by atoms with van der Waals surface area (Å²) in [5.74, 6) is -0.220. The third-order valence-electron chi connectivity index (χ3n) is 3.34. The Morgan fingerprint density at radius 2 is 1.81 bits per heavy atom. The maximum atomic E-state index is 12.1. The van der Waals surface area contributed by atoms with Gasteiger partial charge in [-0.2, -0.15) is 0 Å². The van der Waals surface area contributed by atoms with Gasteiger partial charge in [-0.25, -0.2) is 0 Å². The Balaban J connectivity index is 2.61. The third-order valence-corrected chi connectivity index (χ3v) is 4.96. The lowest BCUT2D eigenvalue weighted by Crippen LogP contribution is -2.56. The molecule has 0 aliphatic heterocycles. The number of nitrogens with one attached hydrogen (secondary N) is 3. The molecule has 1 rings (SSSR count). The fraction of sp³-hybridized carbons (Fsp3) is 0.500.